The zero-order valence-electron chi connectivity index (χ0n) is 40.7. The highest BCUT2D eigenvalue weighted by Crippen LogP contribution is 2.67. The lowest BCUT2D eigenvalue weighted by molar-refractivity contribution is -0.0564. The molecule has 2 saturated heterocycles. The van der Waals surface area contributed by atoms with E-state index in [1.165, 1.54) is 25.7 Å². The molecule has 0 N–H and O–H groups in total. The number of hydrogen-bond acceptors (Lipinski definition) is 3. The van der Waals surface area contributed by atoms with E-state index in [0.717, 1.165) is 134 Å². The van der Waals surface area contributed by atoms with Gasteiger partial charge in [-0.3, -0.25) is 4.90 Å². The molecule has 3 heteroatoms. The summed E-state index contributed by atoms with van der Waals surface area (Å²) >= 11 is 5.21. The van der Waals surface area contributed by atoms with Gasteiger partial charge in [-0.15, -0.1) is 0 Å². The summed E-state index contributed by atoms with van der Waals surface area (Å²) in [6.45, 7) is 0. The normalized spacial score (nSPS) is 53.9. The molecule has 2 aliphatic heterocycles. The number of fused-ring (bicyclic) bond motifs is 11. The van der Waals surface area contributed by atoms with E-state index in [0.29, 0.717) is 0 Å². The molecule has 354 valence electrons. The molecule has 13 fully saturated rings. The summed E-state index contributed by atoms with van der Waals surface area (Å²) in [4.78, 5) is 3.42. The first-order valence-electron chi connectivity index (χ1n) is 30.3. The van der Waals surface area contributed by atoms with Gasteiger partial charge in [-0.1, -0.05) is 83.5 Å². The van der Waals surface area contributed by atoms with Crippen LogP contribution >= 0.6 is 23.5 Å². The van der Waals surface area contributed by atoms with E-state index in [1.807, 2.05) is 0 Å². The van der Waals surface area contributed by atoms with Crippen LogP contribution in [0.1, 0.15) is 238 Å². The summed E-state index contributed by atoms with van der Waals surface area (Å²) < 4.78 is 0. The van der Waals surface area contributed by atoms with Crippen LogP contribution in [0.2, 0.25) is 0 Å². The predicted octanol–water partition coefficient (Wildman–Crippen LogP) is 16.8. The van der Waals surface area contributed by atoms with Gasteiger partial charge in [-0.2, -0.15) is 23.5 Å². The Balaban J connectivity index is 0.662. The van der Waals surface area contributed by atoms with Crippen molar-refractivity contribution in [3.63, 3.8) is 0 Å². The second-order valence-electron chi connectivity index (χ2n) is 27.1. The van der Waals surface area contributed by atoms with Gasteiger partial charge in [-0.25, -0.2) is 0 Å². The molecule has 0 amide bonds. The Morgan fingerprint density at radius 1 is 0.238 bits per heavy atom. The highest BCUT2D eigenvalue weighted by atomic mass is 32.2. The topological polar surface area (TPSA) is 3.24 Å². The van der Waals surface area contributed by atoms with Gasteiger partial charge in [0.2, 0.25) is 0 Å². The Labute approximate surface area is 397 Å². The molecule has 11 saturated carbocycles. The Bertz CT molecular complexity index is 1500. The van der Waals surface area contributed by atoms with E-state index in [1.54, 1.807) is 212 Å². The van der Waals surface area contributed by atoms with Crippen molar-refractivity contribution in [3.05, 3.63) is 0 Å². The number of thioether (sulfide) groups is 2. The minimum atomic E-state index is 0.926. The Kier molecular flexibility index (Phi) is 13.2. The van der Waals surface area contributed by atoms with Crippen molar-refractivity contribution < 1.29 is 0 Å². The molecule has 18 unspecified atom stereocenters. The summed E-state index contributed by atoms with van der Waals surface area (Å²) in [6.07, 6.45) is 58.7. The van der Waals surface area contributed by atoms with E-state index < -0.39 is 0 Å². The van der Waals surface area contributed by atoms with Crippen LogP contribution in [-0.2, 0) is 0 Å². The highest BCUT2D eigenvalue weighted by Gasteiger charge is 2.60. The fourth-order valence-electron chi connectivity index (χ4n) is 22.3. The molecule has 0 aromatic rings. The Hall–Kier alpha value is 0.660. The van der Waals surface area contributed by atoms with Gasteiger partial charge in [0.15, 0.2) is 0 Å². The van der Waals surface area contributed by atoms with E-state index in [2.05, 4.69) is 28.4 Å². The summed E-state index contributed by atoms with van der Waals surface area (Å²) in [5.41, 5.74) is 0. The van der Waals surface area contributed by atoms with Crippen molar-refractivity contribution in [3.8, 4) is 0 Å². The number of nitrogens with zero attached hydrogens (tertiary/aromatic N) is 1. The quantitative estimate of drug-likeness (QED) is 0.262. The number of rotatable bonds is 6. The zero-order valence-corrected chi connectivity index (χ0v) is 42.3. The van der Waals surface area contributed by atoms with Crippen molar-refractivity contribution in [2.75, 3.05) is 0 Å². The Morgan fingerprint density at radius 3 is 1.51 bits per heavy atom. The molecule has 0 bridgehead atoms. The third-order valence-electron chi connectivity index (χ3n) is 24.9. The largest absolute Gasteiger partial charge is 0.294 e. The van der Waals surface area contributed by atoms with Crippen molar-refractivity contribution in [2.24, 2.45) is 94.7 Å². The first kappa shape index (κ1) is 43.7. The monoisotopic (exact) mass is 896 g/mol. The first-order chi connectivity index (χ1) is 31.2. The van der Waals surface area contributed by atoms with Gasteiger partial charge in [0, 0.05) is 39.1 Å². The van der Waals surface area contributed by atoms with Gasteiger partial charge in [0.05, 0.1) is 0 Å². The molecular formula is C60H97NS2. The van der Waals surface area contributed by atoms with Crippen LogP contribution in [0.25, 0.3) is 0 Å². The lowest BCUT2D eigenvalue weighted by atomic mass is 9.54. The second kappa shape index (κ2) is 19.1. The lowest BCUT2D eigenvalue weighted by Gasteiger charge is -2.56. The molecule has 63 heavy (non-hydrogen) atoms. The molecule has 13 aliphatic rings. The molecule has 2 heterocycles. The highest BCUT2D eigenvalue weighted by molar-refractivity contribution is 8.02. The van der Waals surface area contributed by atoms with E-state index in [-0.39, 0.29) is 0 Å². The van der Waals surface area contributed by atoms with Gasteiger partial charge in [0.25, 0.3) is 0 Å². The maximum Gasteiger partial charge on any atom is 0.0123 e. The van der Waals surface area contributed by atoms with E-state index in [4.69, 9.17) is 0 Å². The first-order valence-corrected chi connectivity index (χ1v) is 32.2. The van der Waals surface area contributed by atoms with Gasteiger partial charge in [-0.05, 0) is 249 Å². The summed E-state index contributed by atoms with van der Waals surface area (Å²) in [5, 5.41) is 4.21. The predicted molar refractivity (Wildman–Crippen MR) is 270 cm³/mol. The van der Waals surface area contributed by atoms with Crippen LogP contribution in [0, 0.1) is 94.7 Å². The summed E-state index contributed by atoms with van der Waals surface area (Å²) in [5.74, 6) is 17.5. The molecule has 0 aromatic carbocycles. The average molecular weight is 897 g/mol. The molecule has 0 aromatic heterocycles. The van der Waals surface area contributed by atoms with Crippen molar-refractivity contribution in [2.45, 2.75) is 277 Å². The SMILES string of the molecule is C1CCC(C2CCC(N(C3CCC(C4CCCC5CCCCC54)CC3)C3CCC4C(CCC5CC(C6CCCC7C8CCC9SC%10CCCCC%10C9C8SC67)CCC54)C3)CC2)CC1. The standard InChI is InChI=1S/C60H97NS2/c1-2-10-38(11-3-1)39-22-27-45(28-23-39)61(46-29-24-41(25-30-46)49-16-8-13-40-12-4-5-14-48(40)49)47-31-33-51-44(37-47)21-20-42-36-43(26-32-50(42)51)52-17-9-18-53-54-34-35-57-58(60(54)63-59(52)53)55-15-6-7-19-56(55)62-57/h38-60H,1-37H2. The van der Waals surface area contributed by atoms with Crippen LogP contribution < -0.4 is 0 Å². The maximum atomic E-state index is 3.42. The maximum absolute atomic E-state index is 3.42. The van der Waals surface area contributed by atoms with E-state index in [9.17, 15) is 0 Å². The van der Waals surface area contributed by atoms with Gasteiger partial charge in [0.1, 0.15) is 0 Å². The Morgan fingerprint density at radius 2 is 0.698 bits per heavy atom. The zero-order chi connectivity index (χ0) is 41.4. The molecule has 13 rings (SSSR count). The van der Waals surface area contributed by atoms with Crippen molar-refractivity contribution in [1.29, 1.82) is 0 Å². The minimum Gasteiger partial charge on any atom is -0.294 e. The fraction of sp³-hybridized carbons (Fsp3) is 1.00. The van der Waals surface area contributed by atoms with Crippen molar-refractivity contribution >= 4 is 23.5 Å². The summed E-state index contributed by atoms with van der Waals surface area (Å²) in [7, 11) is 0. The van der Waals surface area contributed by atoms with Gasteiger partial charge >= 0.3 is 0 Å². The van der Waals surface area contributed by atoms with Gasteiger partial charge < -0.3 is 0 Å². The van der Waals surface area contributed by atoms with Crippen LogP contribution in [0.3, 0.4) is 0 Å². The van der Waals surface area contributed by atoms with Crippen LogP contribution in [-0.4, -0.2) is 44.0 Å². The fourth-order valence-corrected chi connectivity index (χ4v) is 27.1. The van der Waals surface area contributed by atoms with E-state index >= 15 is 0 Å². The molecule has 0 spiro atoms. The number of hydrogen-bond donors (Lipinski definition) is 0. The molecule has 18 atom stereocenters. The van der Waals surface area contributed by atoms with Crippen LogP contribution in [0.5, 0.6) is 0 Å². The second-order valence-corrected chi connectivity index (χ2v) is 29.9. The molecule has 1 nitrogen and oxygen atoms in total. The molecule has 11 aliphatic carbocycles. The average Bonchev–Trinajstić information content (AvgIpc) is 3.93. The van der Waals surface area contributed by atoms with Crippen LogP contribution in [0.15, 0.2) is 0 Å². The third-order valence-corrected chi connectivity index (χ3v) is 28.7. The molecular weight excluding hydrogens is 799 g/mol. The smallest absolute Gasteiger partial charge is 0.0123 e. The summed E-state index contributed by atoms with van der Waals surface area (Å²) in [6, 6.07) is 2.78. The van der Waals surface area contributed by atoms with Crippen LogP contribution in [0.4, 0.5) is 0 Å². The third kappa shape index (κ3) is 8.30. The minimum absolute atomic E-state index is 0.926. The molecule has 0 radical (unpaired) electrons. The lowest BCUT2D eigenvalue weighted by Crippen LogP contribution is -2.55. The van der Waals surface area contributed by atoms with Crippen molar-refractivity contribution in [1.82, 2.24) is 4.90 Å².